The minimum atomic E-state index is -3.99. The molecule has 1 aromatic heterocycles. The Labute approximate surface area is 166 Å². The highest BCUT2D eigenvalue weighted by molar-refractivity contribution is 8.00. The normalized spacial score (nSPS) is 11.7. The Morgan fingerprint density at radius 2 is 1.57 bits per heavy atom. The number of oxazole rings is 1. The molecule has 0 saturated carbocycles. The Hall–Kier alpha value is -2.19. The van der Waals surface area contributed by atoms with Crippen LogP contribution in [0, 0.1) is 11.6 Å². The number of nitrogens with zero attached hydrogens (tertiary/aromatic N) is 1. The molecule has 0 spiro atoms. The average molecular weight is 424 g/mol. The quantitative estimate of drug-likeness (QED) is 0.263. The smallest absolute Gasteiger partial charge is 0.228 e. The minimum Gasteiger partial charge on any atom is -0.428 e. The predicted octanol–water partition coefficient (Wildman–Crippen LogP) is 5.73. The van der Waals surface area contributed by atoms with Crippen LogP contribution in [0.5, 0.6) is 0 Å². The molecule has 0 N–H and O–H groups in total. The van der Waals surface area contributed by atoms with Gasteiger partial charge in [0, 0.05) is 11.3 Å². The number of hydrogen-bond donors (Lipinski definition) is 0. The lowest BCUT2D eigenvalue weighted by molar-refractivity contribution is 0.470. The number of hydrogen-bond acceptors (Lipinski definition) is 5. The number of unbranched alkanes of at least 4 members (excludes halogenated alkanes) is 2. The number of thioether (sulfide) groups is 1. The Kier molecular flexibility index (Phi) is 6.51. The number of halogens is 2. The number of aromatic nitrogens is 1. The van der Waals surface area contributed by atoms with Crippen molar-refractivity contribution < 1.29 is 21.6 Å². The molecule has 0 fully saturated rings. The third-order valence-corrected chi connectivity index (χ3v) is 6.86. The van der Waals surface area contributed by atoms with E-state index in [2.05, 4.69) is 11.9 Å². The zero-order valence-corrected chi connectivity index (χ0v) is 16.8. The maximum absolute atomic E-state index is 13.2. The molecule has 4 nitrogen and oxygen atoms in total. The molecule has 3 aromatic rings. The molecule has 1 heterocycles. The summed E-state index contributed by atoms with van der Waals surface area (Å²) in [6.45, 7) is 2.08. The Balaban J connectivity index is 2.01. The van der Waals surface area contributed by atoms with Crippen LogP contribution in [0.2, 0.25) is 0 Å². The van der Waals surface area contributed by atoms with Gasteiger partial charge in [-0.2, -0.15) is 4.98 Å². The zero-order valence-electron chi connectivity index (χ0n) is 15.2. The summed E-state index contributed by atoms with van der Waals surface area (Å²) in [6.07, 6.45) is 2.97. The first-order chi connectivity index (χ1) is 13.4. The van der Waals surface area contributed by atoms with Crippen molar-refractivity contribution in [2.45, 2.75) is 41.2 Å². The fourth-order valence-corrected chi connectivity index (χ4v) is 5.04. The molecule has 0 aliphatic carbocycles. The Morgan fingerprint density at radius 1 is 0.964 bits per heavy atom. The summed E-state index contributed by atoms with van der Waals surface area (Å²) in [6, 6.07) is 10.0. The van der Waals surface area contributed by atoms with Crippen LogP contribution in [0.25, 0.3) is 11.5 Å². The van der Waals surface area contributed by atoms with Crippen molar-refractivity contribution in [1.29, 1.82) is 0 Å². The highest BCUT2D eigenvalue weighted by Crippen LogP contribution is 2.35. The number of sulfone groups is 1. The highest BCUT2D eigenvalue weighted by Gasteiger charge is 2.28. The van der Waals surface area contributed by atoms with Gasteiger partial charge in [-0.05, 0) is 55.0 Å². The van der Waals surface area contributed by atoms with Gasteiger partial charge in [0.05, 0.1) is 4.90 Å². The highest BCUT2D eigenvalue weighted by atomic mass is 32.2. The van der Waals surface area contributed by atoms with Crippen molar-refractivity contribution >= 4 is 21.6 Å². The summed E-state index contributed by atoms with van der Waals surface area (Å²) in [5, 5.41) is -0.0281. The lowest BCUT2D eigenvalue weighted by Crippen LogP contribution is -2.04. The standard InChI is InChI=1S/C20H19F2NO3S2/c1-2-3-4-13-27-20-19(28(24,25)17-11-9-16(22)10-12-17)23-18(26-20)14-5-7-15(21)8-6-14/h5-12H,2-4,13H2,1H3. The van der Waals surface area contributed by atoms with Crippen LogP contribution in [0.3, 0.4) is 0 Å². The maximum Gasteiger partial charge on any atom is 0.228 e. The summed E-state index contributed by atoms with van der Waals surface area (Å²) in [4.78, 5) is 4.12. The largest absolute Gasteiger partial charge is 0.428 e. The molecule has 0 unspecified atom stereocenters. The topological polar surface area (TPSA) is 60.2 Å². The SMILES string of the molecule is CCCCCSc1oc(-c2ccc(F)cc2)nc1S(=O)(=O)c1ccc(F)cc1. The van der Waals surface area contributed by atoms with Crippen molar-refractivity contribution in [2.75, 3.05) is 5.75 Å². The van der Waals surface area contributed by atoms with Gasteiger partial charge in [-0.15, -0.1) is 0 Å². The van der Waals surface area contributed by atoms with E-state index in [0.29, 0.717) is 11.3 Å². The van der Waals surface area contributed by atoms with E-state index in [4.69, 9.17) is 4.42 Å². The fourth-order valence-electron chi connectivity index (χ4n) is 2.51. The van der Waals surface area contributed by atoms with Crippen molar-refractivity contribution in [3.63, 3.8) is 0 Å². The van der Waals surface area contributed by atoms with Gasteiger partial charge >= 0.3 is 0 Å². The molecule has 0 aliphatic rings. The summed E-state index contributed by atoms with van der Waals surface area (Å²) < 4.78 is 58.2. The van der Waals surface area contributed by atoms with E-state index in [1.54, 1.807) is 0 Å². The predicted molar refractivity (Wildman–Crippen MR) is 104 cm³/mol. The van der Waals surface area contributed by atoms with E-state index < -0.39 is 21.5 Å². The molecule has 2 aromatic carbocycles. The first-order valence-electron chi connectivity index (χ1n) is 8.82. The summed E-state index contributed by atoms with van der Waals surface area (Å²) >= 11 is 1.27. The van der Waals surface area contributed by atoms with Gasteiger partial charge in [-0.3, -0.25) is 0 Å². The van der Waals surface area contributed by atoms with E-state index in [1.165, 1.54) is 48.2 Å². The van der Waals surface area contributed by atoms with Crippen LogP contribution < -0.4 is 0 Å². The molecule has 0 radical (unpaired) electrons. The van der Waals surface area contributed by atoms with Gasteiger partial charge < -0.3 is 4.42 Å². The van der Waals surface area contributed by atoms with Gasteiger partial charge in [0.25, 0.3) is 0 Å². The van der Waals surface area contributed by atoms with E-state index in [-0.39, 0.29) is 20.9 Å². The van der Waals surface area contributed by atoms with E-state index in [1.807, 2.05) is 0 Å². The third-order valence-electron chi connectivity index (χ3n) is 4.02. The summed E-state index contributed by atoms with van der Waals surface area (Å²) in [5.41, 5.74) is 0.470. The second-order valence-electron chi connectivity index (χ2n) is 6.13. The molecule has 0 amide bonds. The number of rotatable bonds is 8. The first-order valence-corrected chi connectivity index (χ1v) is 11.3. The van der Waals surface area contributed by atoms with Crippen LogP contribution in [0.15, 0.2) is 68.0 Å². The third kappa shape index (κ3) is 4.62. The van der Waals surface area contributed by atoms with Crippen molar-refractivity contribution in [1.82, 2.24) is 4.98 Å². The average Bonchev–Trinajstić information content (AvgIpc) is 3.11. The fraction of sp³-hybridized carbons (Fsp3) is 0.250. The maximum atomic E-state index is 13.2. The second-order valence-corrected chi connectivity index (χ2v) is 9.06. The van der Waals surface area contributed by atoms with Crippen molar-refractivity contribution in [3.05, 3.63) is 60.2 Å². The molecule has 3 rings (SSSR count). The molecular weight excluding hydrogens is 404 g/mol. The molecule has 148 valence electrons. The zero-order chi connectivity index (χ0) is 20.1. The summed E-state index contributed by atoms with van der Waals surface area (Å²) in [5.74, 6) is -0.166. The minimum absolute atomic E-state index is 0.0664. The van der Waals surface area contributed by atoms with Gasteiger partial charge in [0.15, 0.2) is 0 Å². The molecule has 28 heavy (non-hydrogen) atoms. The molecule has 0 saturated heterocycles. The Morgan fingerprint density at radius 3 is 2.18 bits per heavy atom. The van der Waals surface area contributed by atoms with Gasteiger partial charge in [0.2, 0.25) is 25.8 Å². The van der Waals surface area contributed by atoms with Crippen molar-refractivity contribution in [3.8, 4) is 11.5 Å². The lowest BCUT2D eigenvalue weighted by atomic mass is 10.2. The van der Waals surface area contributed by atoms with Crippen LogP contribution in [-0.2, 0) is 9.84 Å². The van der Waals surface area contributed by atoms with E-state index in [0.717, 1.165) is 31.4 Å². The second kappa shape index (κ2) is 8.87. The van der Waals surface area contributed by atoms with Gasteiger partial charge in [0.1, 0.15) is 11.6 Å². The number of benzene rings is 2. The molecule has 0 bridgehead atoms. The summed E-state index contributed by atoms with van der Waals surface area (Å²) in [7, 11) is -3.99. The van der Waals surface area contributed by atoms with Crippen molar-refractivity contribution in [2.24, 2.45) is 0 Å². The molecule has 0 atom stereocenters. The van der Waals surface area contributed by atoms with Gasteiger partial charge in [-0.1, -0.05) is 31.5 Å². The molecule has 8 heteroatoms. The van der Waals surface area contributed by atoms with Crippen LogP contribution in [0.1, 0.15) is 26.2 Å². The van der Waals surface area contributed by atoms with Crippen LogP contribution in [-0.4, -0.2) is 19.2 Å². The van der Waals surface area contributed by atoms with Crippen LogP contribution in [0.4, 0.5) is 8.78 Å². The van der Waals surface area contributed by atoms with Crippen LogP contribution >= 0.6 is 11.8 Å². The molecular formula is C20H19F2NO3S2. The van der Waals surface area contributed by atoms with E-state index in [9.17, 15) is 17.2 Å². The monoisotopic (exact) mass is 423 g/mol. The van der Waals surface area contributed by atoms with Gasteiger partial charge in [-0.25, -0.2) is 17.2 Å². The van der Waals surface area contributed by atoms with E-state index >= 15 is 0 Å². The Bertz CT molecular complexity index is 1030. The first kappa shape index (κ1) is 20.5. The molecule has 0 aliphatic heterocycles. The lowest BCUT2D eigenvalue weighted by Gasteiger charge is -2.03.